The van der Waals surface area contributed by atoms with Crippen LogP contribution in [0.3, 0.4) is 0 Å². The summed E-state index contributed by atoms with van der Waals surface area (Å²) in [5.41, 5.74) is 1.20. The molecule has 1 N–H and O–H groups in total. The molecule has 0 spiro atoms. The first-order valence-electron chi connectivity index (χ1n) is 7.03. The number of hydrogen-bond donors (Lipinski definition) is 1. The number of nitrogens with one attached hydrogen (secondary N) is 1. The number of rotatable bonds is 5. The van der Waals surface area contributed by atoms with E-state index in [1.165, 1.54) is 31.6 Å². The van der Waals surface area contributed by atoms with Crippen molar-refractivity contribution in [1.29, 1.82) is 0 Å². The Balaban J connectivity index is 1.72. The van der Waals surface area contributed by atoms with E-state index < -0.39 is 0 Å². The topological polar surface area (TPSA) is 18.5 Å². The van der Waals surface area contributed by atoms with E-state index in [2.05, 4.69) is 69.4 Å². The van der Waals surface area contributed by atoms with Crippen LogP contribution in [-0.4, -0.2) is 56.1 Å². The van der Waals surface area contributed by atoms with E-state index in [-0.39, 0.29) is 0 Å². The molecule has 4 heteroatoms. The number of benzene rings is 1. The average Bonchev–Trinajstić information content (AvgIpc) is 2.41. The second-order valence-electron chi connectivity index (χ2n) is 5.49. The fourth-order valence-electron chi connectivity index (χ4n) is 2.58. The summed E-state index contributed by atoms with van der Waals surface area (Å²) >= 11 is 3.46. The number of anilines is 1. The molecule has 0 saturated carbocycles. The molecule has 1 aliphatic rings. The van der Waals surface area contributed by atoms with Gasteiger partial charge in [-0.2, -0.15) is 0 Å². The molecule has 0 amide bonds. The average molecular weight is 326 g/mol. The van der Waals surface area contributed by atoms with E-state index in [0.717, 1.165) is 23.6 Å². The second-order valence-corrected chi connectivity index (χ2v) is 6.41. The molecule has 3 nitrogen and oxygen atoms in total. The van der Waals surface area contributed by atoms with Crippen molar-refractivity contribution in [3.05, 3.63) is 28.7 Å². The minimum Gasteiger partial charge on any atom is -0.384 e. The largest absolute Gasteiger partial charge is 0.384 e. The molecule has 1 aliphatic heterocycles. The van der Waals surface area contributed by atoms with E-state index in [4.69, 9.17) is 0 Å². The molecule has 1 atom stereocenters. The van der Waals surface area contributed by atoms with Crippen LogP contribution < -0.4 is 5.32 Å². The molecule has 1 saturated heterocycles. The molecule has 0 radical (unpaired) electrons. The van der Waals surface area contributed by atoms with Crippen LogP contribution >= 0.6 is 15.9 Å². The van der Waals surface area contributed by atoms with Gasteiger partial charge in [-0.15, -0.1) is 0 Å². The standard InChI is InChI=1S/C15H24BrN3/c1-18(2)15-4-3-10-19(12-15)11-9-17-14-7-5-13(16)6-8-14/h5-8,15,17H,3-4,9-12H2,1-2H3. The maximum absolute atomic E-state index is 3.49. The fraction of sp³-hybridized carbons (Fsp3) is 0.600. The summed E-state index contributed by atoms with van der Waals surface area (Å²) in [7, 11) is 4.38. The smallest absolute Gasteiger partial charge is 0.0341 e. The third-order valence-electron chi connectivity index (χ3n) is 3.81. The van der Waals surface area contributed by atoms with Gasteiger partial charge in [0.15, 0.2) is 0 Å². The van der Waals surface area contributed by atoms with Crippen molar-refractivity contribution in [2.75, 3.05) is 45.6 Å². The second kappa shape index (κ2) is 7.27. The van der Waals surface area contributed by atoms with Crippen molar-refractivity contribution < 1.29 is 0 Å². The van der Waals surface area contributed by atoms with Gasteiger partial charge < -0.3 is 15.1 Å². The van der Waals surface area contributed by atoms with Gasteiger partial charge in [0.05, 0.1) is 0 Å². The minimum atomic E-state index is 0.724. The molecule has 1 heterocycles. The van der Waals surface area contributed by atoms with Crippen molar-refractivity contribution in [2.45, 2.75) is 18.9 Å². The molecular weight excluding hydrogens is 302 g/mol. The van der Waals surface area contributed by atoms with E-state index in [0.29, 0.717) is 0 Å². The minimum absolute atomic E-state index is 0.724. The molecule has 1 aromatic carbocycles. The lowest BCUT2D eigenvalue weighted by Crippen LogP contribution is -2.46. The van der Waals surface area contributed by atoms with Crippen LogP contribution in [0.25, 0.3) is 0 Å². The highest BCUT2D eigenvalue weighted by atomic mass is 79.9. The lowest BCUT2D eigenvalue weighted by Gasteiger charge is -2.36. The summed E-state index contributed by atoms with van der Waals surface area (Å²) in [5.74, 6) is 0. The zero-order valence-corrected chi connectivity index (χ0v) is 13.5. The lowest BCUT2D eigenvalue weighted by atomic mass is 10.1. The number of likely N-dealkylation sites (N-methyl/N-ethyl adjacent to an activating group) is 1. The van der Waals surface area contributed by atoms with Gasteiger partial charge in [-0.05, 0) is 57.7 Å². The highest BCUT2D eigenvalue weighted by Gasteiger charge is 2.20. The number of nitrogens with zero attached hydrogens (tertiary/aromatic N) is 2. The van der Waals surface area contributed by atoms with Gasteiger partial charge >= 0.3 is 0 Å². The Morgan fingerprint density at radius 2 is 2.05 bits per heavy atom. The van der Waals surface area contributed by atoms with Gasteiger partial charge in [0.2, 0.25) is 0 Å². The summed E-state index contributed by atoms with van der Waals surface area (Å²) < 4.78 is 1.13. The molecule has 1 fully saturated rings. The molecule has 0 aliphatic carbocycles. The summed E-state index contributed by atoms with van der Waals surface area (Å²) in [5, 5.41) is 3.49. The highest BCUT2D eigenvalue weighted by Crippen LogP contribution is 2.15. The van der Waals surface area contributed by atoms with Crippen LogP contribution in [-0.2, 0) is 0 Å². The SMILES string of the molecule is CN(C)C1CCCN(CCNc2ccc(Br)cc2)C1. The number of halogens is 1. The number of hydrogen-bond acceptors (Lipinski definition) is 3. The number of piperidine rings is 1. The van der Waals surface area contributed by atoms with Crippen molar-refractivity contribution in [2.24, 2.45) is 0 Å². The first kappa shape index (κ1) is 14.8. The Morgan fingerprint density at radius 1 is 1.32 bits per heavy atom. The maximum Gasteiger partial charge on any atom is 0.0341 e. The van der Waals surface area contributed by atoms with Gasteiger partial charge in [0.25, 0.3) is 0 Å². The summed E-state index contributed by atoms with van der Waals surface area (Å²) in [6.07, 6.45) is 2.66. The van der Waals surface area contributed by atoms with E-state index in [1.807, 2.05) is 0 Å². The van der Waals surface area contributed by atoms with E-state index in [1.54, 1.807) is 0 Å². The molecule has 1 aromatic rings. The third-order valence-corrected chi connectivity index (χ3v) is 4.34. The van der Waals surface area contributed by atoms with Crippen LogP contribution in [0.15, 0.2) is 28.7 Å². The molecule has 106 valence electrons. The van der Waals surface area contributed by atoms with Crippen molar-refractivity contribution in [1.82, 2.24) is 9.80 Å². The van der Waals surface area contributed by atoms with Gasteiger partial charge in [0.1, 0.15) is 0 Å². The summed E-state index contributed by atoms with van der Waals surface area (Å²) in [6.45, 7) is 4.59. The van der Waals surface area contributed by atoms with Crippen LogP contribution in [0.4, 0.5) is 5.69 Å². The van der Waals surface area contributed by atoms with Gasteiger partial charge in [0, 0.05) is 35.8 Å². The monoisotopic (exact) mass is 325 g/mol. The summed E-state index contributed by atoms with van der Waals surface area (Å²) in [6, 6.07) is 9.10. The Kier molecular flexibility index (Phi) is 5.67. The lowest BCUT2D eigenvalue weighted by molar-refractivity contribution is 0.137. The Morgan fingerprint density at radius 3 is 2.74 bits per heavy atom. The molecule has 2 rings (SSSR count). The molecule has 0 bridgehead atoms. The fourth-order valence-corrected chi connectivity index (χ4v) is 2.85. The van der Waals surface area contributed by atoms with E-state index in [9.17, 15) is 0 Å². The Bertz CT molecular complexity index is 377. The van der Waals surface area contributed by atoms with Crippen LogP contribution in [0.1, 0.15) is 12.8 Å². The predicted molar refractivity (Wildman–Crippen MR) is 85.8 cm³/mol. The zero-order valence-electron chi connectivity index (χ0n) is 11.9. The molecule has 0 aromatic heterocycles. The normalized spacial score (nSPS) is 20.7. The van der Waals surface area contributed by atoms with Crippen LogP contribution in [0, 0.1) is 0 Å². The van der Waals surface area contributed by atoms with E-state index >= 15 is 0 Å². The number of likely N-dealkylation sites (tertiary alicyclic amines) is 1. The predicted octanol–water partition coefficient (Wildman–Crippen LogP) is 2.89. The first-order valence-corrected chi connectivity index (χ1v) is 7.82. The van der Waals surface area contributed by atoms with Crippen LogP contribution in [0.2, 0.25) is 0 Å². The highest BCUT2D eigenvalue weighted by molar-refractivity contribution is 9.10. The van der Waals surface area contributed by atoms with Crippen molar-refractivity contribution in [3.63, 3.8) is 0 Å². The van der Waals surface area contributed by atoms with Gasteiger partial charge in [-0.3, -0.25) is 0 Å². The zero-order chi connectivity index (χ0) is 13.7. The quantitative estimate of drug-likeness (QED) is 0.898. The Labute approximate surface area is 125 Å². The molecule has 1 unspecified atom stereocenters. The molecular formula is C15H24BrN3. The maximum atomic E-state index is 3.49. The van der Waals surface area contributed by atoms with Gasteiger partial charge in [-0.25, -0.2) is 0 Å². The van der Waals surface area contributed by atoms with Crippen molar-refractivity contribution >= 4 is 21.6 Å². The third kappa shape index (κ3) is 4.79. The first-order chi connectivity index (χ1) is 9.15. The summed E-state index contributed by atoms with van der Waals surface area (Å²) in [4.78, 5) is 4.92. The Hall–Kier alpha value is -0.580. The van der Waals surface area contributed by atoms with Crippen LogP contribution in [0.5, 0.6) is 0 Å². The molecule has 19 heavy (non-hydrogen) atoms. The van der Waals surface area contributed by atoms with Crippen molar-refractivity contribution in [3.8, 4) is 0 Å². The van der Waals surface area contributed by atoms with Gasteiger partial charge in [-0.1, -0.05) is 15.9 Å².